The first-order chi connectivity index (χ1) is 7.84. The lowest BCUT2D eigenvalue weighted by Gasteiger charge is -2.13. The summed E-state index contributed by atoms with van der Waals surface area (Å²) in [6.07, 6.45) is 1.25. The summed E-state index contributed by atoms with van der Waals surface area (Å²) in [5, 5.41) is 3.52. The maximum absolute atomic E-state index is 5.62. The van der Waals surface area contributed by atoms with E-state index in [0.29, 0.717) is 6.04 Å². The highest BCUT2D eigenvalue weighted by molar-refractivity contribution is 5.20. The lowest BCUT2D eigenvalue weighted by molar-refractivity contribution is 0.303. The molecule has 1 aromatic rings. The predicted octanol–water partition coefficient (Wildman–Crippen LogP) is 1.36. The maximum Gasteiger partial charge on any atom is 0.119 e. The molecule has 0 aliphatic carbocycles. The molecular formula is C13H20N2O. The molecule has 1 aliphatic rings. The van der Waals surface area contributed by atoms with Crippen LogP contribution in [0.2, 0.25) is 0 Å². The Morgan fingerprint density at radius 1 is 1.38 bits per heavy atom. The van der Waals surface area contributed by atoms with Crippen LogP contribution in [0.3, 0.4) is 0 Å². The molecule has 0 spiro atoms. The van der Waals surface area contributed by atoms with Gasteiger partial charge in [0.2, 0.25) is 0 Å². The number of likely N-dealkylation sites (tertiary alicyclic amines) is 1. The fourth-order valence-electron chi connectivity index (χ4n) is 2.05. The van der Waals surface area contributed by atoms with Gasteiger partial charge in [-0.25, -0.2) is 0 Å². The Morgan fingerprint density at radius 2 is 2.19 bits per heavy atom. The number of benzene rings is 1. The highest BCUT2D eigenvalue weighted by Gasteiger charge is 2.17. The predicted molar refractivity (Wildman–Crippen MR) is 65.8 cm³/mol. The van der Waals surface area contributed by atoms with E-state index in [1.807, 2.05) is 30.3 Å². The fraction of sp³-hybridized carbons (Fsp3) is 0.538. The van der Waals surface area contributed by atoms with Crippen molar-refractivity contribution in [1.82, 2.24) is 10.2 Å². The Labute approximate surface area is 97.4 Å². The summed E-state index contributed by atoms with van der Waals surface area (Å²) in [5.74, 6) is 0.952. The molecule has 1 fully saturated rings. The second-order valence-electron chi connectivity index (χ2n) is 4.36. The van der Waals surface area contributed by atoms with E-state index in [2.05, 4.69) is 17.3 Å². The maximum atomic E-state index is 5.62. The van der Waals surface area contributed by atoms with Crippen molar-refractivity contribution < 1.29 is 4.74 Å². The van der Waals surface area contributed by atoms with Gasteiger partial charge >= 0.3 is 0 Å². The molecule has 1 aromatic carbocycles. The first-order valence-electron chi connectivity index (χ1n) is 5.94. The quantitative estimate of drug-likeness (QED) is 0.758. The molecule has 2 rings (SSSR count). The van der Waals surface area contributed by atoms with E-state index in [0.717, 1.165) is 25.4 Å². The van der Waals surface area contributed by atoms with Gasteiger partial charge in [-0.3, -0.25) is 0 Å². The van der Waals surface area contributed by atoms with Crippen molar-refractivity contribution in [3.63, 3.8) is 0 Å². The van der Waals surface area contributed by atoms with Crippen LogP contribution in [0.1, 0.15) is 6.42 Å². The second kappa shape index (κ2) is 5.87. The van der Waals surface area contributed by atoms with Crippen LogP contribution in [0.4, 0.5) is 0 Å². The highest BCUT2D eigenvalue weighted by Crippen LogP contribution is 2.08. The number of para-hydroxylation sites is 1. The number of hydrogen-bond acceptors (Lipinski definition) is 3. The monoisotopic (exact) mass is 220 g/mol. The van der Waals surface area contributed by atoms with Gasteiger partial charge in [0.05, 0.1) is 0 Å². The van der Waals surface area contributed by atoms with Gasteiger partial charge < -0.3 is 15.0 Å². The molecule has 1 atom stereocenters. The van der Waals surface area contributed by atoms with Crippen molar-refractivity contribution in [1.29, 1.82) is 0 Å². The van der Waals surface area contributed by atoms with Crippen LogP contribution >= 0.6 is 0 Å². The Kier molecular flexibility index (Phi) is 4.19. The summed E-state index contributed by atoms with van der Waals surface area (Å²) in [6, 6.07) is 10.6. The third-order valence-corrected chi connectivity index (χ3v) is 2.94. The van der Waals surface area contributed by atoms with Crippen LogP contribution in [0.5, 0.6) is 5.75 Å². The van der Waals surface area contributed by atoms with Crippen molar-refractivity contribution >= 4 is 0 Å². The Bertz CT molecular complexity index is 302. The number of nitrogens with one attached hydrogen (secondary N) is 1. The SMILES string of the molecule is CN1CCC(NCCOc2ccccc2)C1. The minimum absolute atomic E-state index is 0.643. The van der Waals surface area contributed by atoms with Crippen molar-refractivity contribution in [2.45, 2.75) is 12.5 Å². The van der Waals surface area contributed by atoms with Gasteiger partial charge in [0.1, 0.15) is 12.4 Å². The van der Waals surface area contributed by atoms with E-state index in [9.17, 15) is 0 Å². The molecule has 1 unspecified atom stereocenters. The van der Waals surface area contributed by atoms with Crippen molar-refractivity contribution in [3.8, 4) is 5.75 Å². The third-order valence-electron chi connectivity index (χ3n) is 2.94. The molecule has 1 heterocycles. The highest BCUT2D eigenvalue weighted by atomic mass is 16.5. The molecule has 1 N–H and O–H groups in total. The van der Waals surface area contributed by atoms with Gasteiger partial charge in [0, 0.05) is 19.1 Å². The second-order valence-corrected chi connectivity index (χ2v) is 4.36. The van der Waals surface area contributed by atoms with E-state index in [1.165, 1.54) is 13.0 Å². The van der Waals surface area contributed by atoms with E-state index in [1.54, 1.807) is 0 Å². The minimum atomic E-state index is 0.643. The van der Waals surface area contributed by atoms with Crippen LogP contribution < -0.4 is 10.1 Å². The average Bonchev–Trinajstić information content (AvgIpc) is 2.72. The van der Waals surface area contributed by atoms with Crippen molar-refractivity contribution in [3.05, 3.63) is 30.3 Å². The molecule has 0 radical (unpaired) electrons. The fourth-order valence-corrected chi connectivity index (χ4v) is 2.05. The van der Waals surface area contributed by atoms with Crippen LogP contribution in [-0.2, 0) is 0 Å². The molecule has 1 aliphatic heterocycles. The van der Waals surface area contributed by atoms with Gasteiger partial charge in [-0.1, -0.05) is 18.2 Å². The number of nitrogens with zero attached hydrogens (tertiary/aromatic N) is 1. The van der Waals surface area contributed by atoms with Gasteiger partial charge in [0.25, 0.3) is 0 Å². The van der Waals surface area contributed by atoms with Crippen LogP contribution in [0.15, 0.2) is 30.3 Å². The van der Waals surface area contributed by atoms with Crippen LogP contribution in [0.25, 0.3) is 0 Å². The first-order valence-corrected chi connectivity index (χ1v) is 5.94. The summed E-state index contributed by atoms with van der Waals surface area (Å²) < 4.78 is 5.62. The summed E-state index contributed by atoms with van der Waals surface area (Å²) in [4.78, 5) is 2.36. The van der Waals surface area contributed by atoms with Crippen molar-refractivity contribution in [2.24, 2.45) is 0 Å². The normalized spacial score (nSPS) is 21.2. The van der Waals surface area contributed by atoms with Gasteiger partial charge in [-0.15, -0.1) is 0 Å². The molecule has 1 saturated heterocycles. The van der Waals surface area contributed by atoms with E-state index < -0.39 is 0 Å². The first kappa shape index (κ1) is 11.4. The third kappa shape index (κ3) is 3.51. The molecule has 3 nitrogen and oxygen atoms in total. The summed E-state index contributed by atoms with van der Waals surface area (Å²) >= 11 is 0. The standard InChI is InChI=1S/C13H20N2O/c1-15-9-7-12(11-15)14-8-10-16-13-5-3-2-4-6-13/h2-6,12,14H,7-11H2,1H3. The summed E-state index contributed by atoms with van der Waals surface area (Å²) in [5.41, 5.74) is 0. The van der Waals surface area contributed by atoms with Gasteiger partial charge in [-0.05, 0) is 32.1 Å². The van der Waals surface area contributed by atoms with E-state index in [-0.39, 0.29) is 0 Å². The Balaban J connectivity index is 1.59. The number of rotatable bonds is 5. The number of hydrogen-bond donors (Lipinski definition) is 1. The lowest BCUT2D eigenvalue weighted by atomic mass is 10.3. The Morgan fingerprint density at radius 3 is 2.88 bits per heavy atom. The summed E-state index contributed by atoms with van der Waals surface area (Å²) in [7, 11) is 2.17. The van der Waals surface area contributed by atoms with E-state index >= 15 is 0 Å². The smallest absolute Gasteiger partial charge is 0.119 e. The molecular weight excluding hydrogens is 200 g/mol. The van der Waals surface area contributed by atoms with Crippen molar-refractivity contribution in [2.75, 3.05) is 33.3 Å². The molecule has 88 valence electrons. The van der Waals surface area contributed by atoms with Gasteiger partial charge in [-0.2, -0.15) is 0 Å². The van der Waals surface area contributed by atoms with Crippen LogP contribution in [-0.4, -0.2) is 44.2 Å². The zero-order chi connectivity index (χ0) is 11.2. The largest absolute Gasteiger partial charge is 0.492 e. The van der Waals surface area contributed by atoms with E-state index in [4.69, 9.17) is 4.74 Å². The number of ether oxygens (including phenoxy) is 1. The summed E-state index contributed by atoms with van der Waals surface area (Å²) in [6.45, 7) is 4.03. The molecule has 16 heavy (non-hydrogen) atoms. The Hall–Kier alpha value is -1.06. The zero-order valence-corrected chi connectivity index (χ0v) is 9.86. The topological polar surface area (TPSA) is 24.5 Å². The molecule has 0 amide bonds. The number of likely N-dealkylation sites (N-methyl/N-ethyl adjacent to an activating group) is 1. The zero-order valence-electron chi connectivity index (χ0n) is 9.86. The molecule has 0 saturated carbocycles. The van der Waals surface area contributed by atoms with Crippen LogP contribution in [0, 0.1) is 0 Å². The molecule has 3 heteroatoms. The lowest BCUT2D eigenvalue weighted by Crippen LogP contribution is -2.34. The average molecular weight is 220 g/mol. The van der Waals surface area contributed by atoms with Gasteiger partial charge in [0.15, 0.2) is 0 Å². The molecule has 0 aromatic heterocycles. The molecule has 0 bridgehead atoms. The minimum Gasteiger partial charge on any atom is -0.492 e.